The largest absolute Gasteiger partial charge is 1.00 e. The van der Waals surface area contributed by atoms with Crippen molar-refractivity contribution in [3.05, 3.63) is 6.42 Å². The number of hydrogen-bond acceptors (Lipinski definition) is 4. The van der Waals surface area contributed by atoms with Crippen molar-refractivity contribution in [2.45, 2.75) is 6.42 Å². The maximum atomic E-state index is 9.47. The molecule has 0 bridgehead atoms. The summed E-state index contributed by atoms with van der Waals surface area (Å²) in [5.74, 6) is -2.91. The number of aliphatic carboxylic acids is 2. The summed E-state index contributed by atoms with van der Waals surface area (Å²) in [6, 6.07) is 0. The van der Waals surface area contributed by atoms with E-state index in [1.807, 2.05) is 0 Å². The Morgan fingerprint density at radius 3 is 1.70 bits per heavy atom. The molecule has 10 heavy (non-hydrogen) atoms. The molecule has 0 saturated carbocycles. The van der Waals surface area contributed by atoms with E-state index in [4.69, 9.17) is 0 Å². The maximum Gasteiger partial charge on any atom is 1.00 e. The molecule has 0 aromatic carbocycles. The van der Waals surface area contributed by atoms with Crippen molar-refractivity contribution in [2.24, 2.45) is 0 Å². The topological polar surface area (TPSA) is 80.3 Å². The first-order valence-electron chi connectivity index (χ1n) is 1.87. The minimum Gasteiger partial charge on any atom is -0.550 e. The predicted octanol–water partition coefficient (Wildman–Crippen LogP) is -8.91. The van der Waals surface area contributed by atoms with Gasteiger partial charge >= 0.3 is 59.1 Å². The second kappa shape index (κ2) is 9.94. The fourth-order valence-corrected chi connectivity index (χ4v) is 0.167. The third kappa shape index (κ3) is 16.0. The molecule has 0 aliphatic heterocycles. The quantitative estimate of drug-likeness (QED) is 0.385. The van der Waals surface area contributed by atoms with E-state index in [1.54, 1.807) is 0 Å². The van der Waals surface area contributed by atoms with E-state index in [1.165, 1.54) is 0 Å². The third-order valence-corrected chi connectivity index (χ3v) is 0.435. The summed E-state index contributed by atoms with van der Waals surface area (Å²) in [7, 11) is 0. The Hall–Kier alpha value is 0.940. The van der Waals surface area contributed by atoms with Crippen molar-refractivity contribution in [1.82, 2.24) is 0 Å². The van der Waals surface area contributed by atoms with Gasteiger partial charge in [0.15, 0.2) is 0 Å². The fourth-order valence-electron chi connectivity index (χ4n) is 0.167. The first-order chi connectivity index (χ1) is 3.63. The van der Waals surface area contributed by atoms with Gasteiger partial charge in [-0.25, -0.2) is 0 Å². The number of carbonyl (C=O) groups excluding carboxylic acids is 2. The molecular weight excluding hydrogens is 158 g/mol. The summed E-state index contributed by atoms with van der Waals surface area (Å²) in [5.41, 5.74) is 0. The molecule has 0 saturated heterocycles. The van der Waals surface area contributed by atoms with Crippen LogP contribution in [0.5, 0.6) is 0 Å². The van der Waals surface area contributed by atoms with Crippen LogP contribution in [0.25, 0.3) is 0 Å². The summed E-state index contributed by atoms with van der Waals surface area (Å²) < 4.78 is 0. The Kier molecular flexibility index (Phi) is 17.0. The van der Waals surface area contributed by atoms with Crippen LogP contribution < -0.4 is 69.3 Å². The van der Waals surface area contributed by atoms with Crippen molar-refractivity contribution in [2.75, 3.05) is 0 Å². The van der Waals surface area contributed by atoms with Crippen LogP contribution in [0, 0.1) is 6.42 Å². The monoisotopic (exact) mass is 161 g/mol. The summed E-state index contributed by atoms with van der Waals surface area (Å²) in [6.07, 6.45) is -0.0856. The number of rotatable bonds is 3. The van der Waals surface area contributed by atoms with Crippen LogP contribution in [-0.2, 0) is 9.59 Å². The molecule has 0 aromatic rings. The zero-order chi connectivity index (χ0) is 6.57. The third-order valence-electron chi connectivity index (χ3n) is 0.435. The van der Waals surface area contributed by atoms with E-state index < -0.39 is 18.4 Å². The zero-order valence-corrected chi connectivity index (χ0v) is 9.92. The van der Waals surface area contributed by atoms with Gasteiger partial charge in [0.2, 0.25) is 0 Å². The van der Waals surface area contributed by atoms with Gasteiger partial charge in [-0.05, 0) is 6.42 Å². The van der Waals surface area contributed by atoms with Crippen molar-refractivity contribution in [3.8, 4) is 0 Å². The van der Waals surface area contributed by atoms with Gasteiger partial charge in [0, 0.05) is 18.4 Å². The van der Waals surface area contributed by atoms with E-state index >= 15 is 0 Å². The van der Waals surface area contributed by atoms with Gasteiger partial charge in [-0.1, -0.05) is 0 Å². The summed E-state index contributed by atoms with van der Waals surface area (Å²) in [4.78, 5) is 18.9. The van der Waals surface area contributed by atoms with Gasteiger partial charge in [-0.3, -0.25) is 0 Å². The molecule has 0 amide bonds. The van der Waals surface area contributed by atoms with Crippen LogP contribution in [0.1, 0.15) is 6.42 Å². The number of carboxylic acids is 2. The first kappa shape index (κ1) is 17.1. The molecule has 0 aliphatic carbocycles. The average molecular weight is 161 g/mol. The Morgan fingerprint density at radius 2 is 1.60 bits per heavy atom. The van der Waals surface area contributed by atoms with Crippen molar-refractivity contribution in [1.29, 1.82) is 0 Å². The molecule has 0 aliphatic rings. The number of carboxylic acid groups (broad SMARTS) is 2. The summed E-state index contributed by atoms with van der Waals surface area (Å²) in [5, 5.41) is 18.9. The second-order valence-electron chi connectivity index (χ2n) is 1.10. The van der Waals surface area contributed by atoms with E-state index in [2.05, 4.69) is 0 Å². The summed E-state index contributed by atoms with van der Waals surface area (Å²) >= 11 is 0. The molecule has 0 N–H and O–H groups in total. The van der Waals surface area contributed by atoms with E-state index in [9.17, 15) is 19.8 Å². The first-order valence-corrected chi connectivity index (χ1v) is 1.87. The molecule has 6 heteroatoms. The molecule has 0 fully saturated rings. The minimum absolute atomic E-state index is 0. The van der Waals surface area contributed by atoms with Gasteiger partial charge in [0.25, 0.3) is 0 Å². The molecule has 0 unspecified atom stereocenters. The zero-order valence-electron chi connectivity index (χ0n) is 5.92. The molecule has 0 rings (SSSR count). The Morgan fingerprint density at radius 1 is 1.20 bits per heavy atom. The van der Waals surface area contributed by atoms with Crippen molar-refractivity contribution in [3.63, 3.8) is 0 Å². The van der Waals surface area contributed by atoms with E-state index in [-0.39, 0.29) is 59.1 Å². The number of carbonyl (C=O) groups is 2. The molecule has 0 spiro atoms. The van der Waals surface area contributed by atoms with Crippen molar-refractivity contribution < 1.29 is 78.9 Å². The standard InChI is InChI=1S/C4H5O4.2Na/c5-3(6)1-2-4(7)8;;/h1H,2H2,(H,5,6)(H,7,8);;/q;2*+1/p-2. The number of hydrogen-bond donors (Lipinski definition) is 0. The van der Waals surface area contributed by atoms with Crippen LogP contribution in [0.2, 0.25) is 0 Å². The van der Waals surface area contributed by atoms with Gasteiger partial charge in [-0.2, -0.15) is 0 Å². The molecule has 0 heterocycles. The van der Waals surface area contributed by atoms with Crippen LogP contribution in [0.15, 0.2) is 0 Å². The maximum absolute atomic E-state index is 9.47. The van der Waals surface area contributed by atoms with Crippen LogP contribution in [-0.4, -0.2) is 11.9 Å². The Balaban J connectivity index is -0.000000245. The minimum atomic E-state index is -1.49. The van der Waals surface area contributed by atoms with Gasteiger partial charge < -0.3 is 19.8 Å². The molecular formula is C4H3Na2O4. The van der Waals surface area contributed by atoms with Gasteiger partial charge in [0.05, 0.1) is 0 Å². The molecule has 1 radical (unpaired) electrons. The van der Waals surface area contributed by atoms with E-state index in [0.717, 1.165) is 0 Å². The molecule has 4 nitrogen and oxygen atoms in total. The van der Waals surface area contributed by atoms with E-state index in [0.29, 0.717) is 6.42 Å². The Labute approximate surface area is 103 Å². The van der Waals surface area contributed by atoms with Gasteiger partial charge in [-0.15, -0.1) is 0 Å². The second-order valence-corrected chi connectivity index (χ2v) is 1.10. The SMILES string of the molecule is O=C([O-])[CH]CC(=O)[O-].[Na+].[Na+]. The molecule has 45 valence electrons. The summed E-state index contributed by atoms with van der Waals surface area (Å²) in [6.45, 7) is 0. The van der Waals surface area contributed by atoms with Crippen LogP contribution >= 0.6 is 0 Å². The van der Waals surface area contributed by atoms with Crippen LogP contribution in [0.4, 0.5) is 0 Å². The molecule has 0 aromatic heterocycles. The molecule has 0 atom stereocenters. The fraction of sp³-hybridized carbons (Fsp3) is 0.250. The predicted molar refractivity (Wildman–Crippen MR) is 18.9 cm³/mol. The van der Waals surface area contributed by atoms with Crippen molar-refractivity contribution >= 4 is 11.9 Å². The van der Waals surface area contributed by atoms with Gasteiger partial charge in [0.1, 0.15) is 0 Å². The average Bonchev–Trinajstić information content (AvgIpc) is 1.61. The van der Waals surface area contributed by atoms with Crippen LogP contribution in [0.3, 0.4) is 0 Å². The normalized spacial score (nSPS) is 6.80. The smallest absolute Gasteiger partial charge is 0.550 e. The Bertz CT molecular complexity index is 99.8.